The number of carbonyl (C=O) groups excluding carboxylic acids is 2. The first-order chi connectivity index (χ1) is 32.2. The first-order valence-corrected chi connectivity index (χ1v) is 23.5. The average Bonchev–Trinajstić information content (AvgIpc) is 3.24. The molecule has 0 bridgehead atoms. The highest BCUT2D eigenvalue weighted by Gasteiger charge is 2.95. The van der Waals surface area contributed by atoms with Gasteiger partial charge in [-0.25, -0.2) is 18.4 Å². The van der Waals surface area contributed by atoms with Crippen LogP contribution < -0.4 is 10.1 Å². The van der Waals surface area contributed by atoms with Gasteiger partial charge in [-0.15, -0.1) is 0 Å². The maximum Gasteiger partial charge on any atom is 0.460 e. The number of hydrogen-bond acceptors (Lipinski definition) is 6. The molecular weight excluding hydrogens is 1030 g/mol. The molecule has 0 unspecified atom stereocenters. The molecule has 2 aromatic rings. The van der Waals surface area contributed by atoms with Crippen LogP contribution in [0.3, 0.4) is 0 Å². The molecule has 0 fully saturated rings. The minimum absolute atomic E-state index is 0.0689. The minimum atomic E-state index is -8.72. The molecule has 404 valence electrons. The van der Waals surface area contributed by atoms with Crippen molar-refractivity contribution >= 4 is 26.1 Å². The minimum Gasteiger partial charge on any atom is -0.491 e. The van der Waals surface area contributed by atoms with Crippen molar-refractivity contribution in [2.24, 2.45) is 5.92 Å². The van der Waals surface area contributed by atoms with Crippen molar-refractivity contribution in [3.8, 4) is 5.75 Å². The number of nitrogens with one attached hydrogen (secondary N) is 1. The Labute approximate surface area is 396 Å². The lowest BCUT2D eigenvalue weighted by Gasteiger charge is -2.44. The van der Waals surface area contributed by atoms with Gasteiger partial charge in [-0.1, -0.05) is 58.9 Å². The third kappa shape index (κ3) is 13.7. The lowest BCUT2D eigenvalue weighted by Crippen LogP contribution is -2.74. The highest BCUT2D eigenvalue weighted by molar-refractivity contribution is 6.76. The Morgan fingerprint density at radius 3 is 1.72 bits per heavy atom. The number of carbonyl (C=O) groups is 2. The van der Waals surface area contributed by atoms with E-state index in [1.807, 2.05) is 0 Å². The quantitative estimate of drug-likeness (QED) is 0.0252. The molecule has 0 aliphatic rings. The number of hydrogen-bond donors (Lipinski definition) is 1. The molecule has 0 radical (unpaired) electrons. The molecule has 71 heavy (non-hydrogen) atoms. The summed E-state index contributed by atoms with van der Waals surface area (Å²) in [4.78, 5) is 24.7. The molecule has 2 aromatic carbocycles. The van der Waals surface area contributed by atoms with Crippen LogP contribution in [-0.4, -0.2) is 87.8 Å². The second kappa shape index (κ2) is 23.5. The van der Waals surface area contributed by atoms with Gasteiger partial charge in [0.1, 0.15) is 30.1 Å². The molecule has 27 heteroatoms. The number of benzene rings is 2. The van der Waals surface area contributed by atoms with Crippen molar-refractivity contribution in [2.75, 3.05) is 25.1 Å². The lowest BCUT2D eigenvalue weighted by atomic mass is 9.88. The van der Waals surface area contributed by atoms with Crippen LogP contribution in [0, 0.1) is 17.6 Å². The molecule has 2 atom stereocenters. The number of rotatable bonds is 26. The zero-order valence-electron chi connectivity index (χ0n) is 38.7. The topological polar surface area (TPSA) is 83.1 Å². The molecule has 1 N–H and O–H groups in total. The molecular formula is C44H50F19NO6Si. The summed E-state index contributed by atoms with van der Waals surface area (Å²) < 4.78 is 286. The van der Waals surface area contributed by atoms with Gasteiger partial charge in [0.25, 0.3) is 0 Å². The number of anilines is 1. The summed E-state index contributed by atoms with van der Waals surface area (Å²) >= 11 is 0. The van der Waals surface area contributed by atoms with E-state index in [0.717, 1.165) is 12.1 Å². The third-order valence-corrected chi connectivity index (χ3v) is 16.9. The molecule has 0 aliphatic heterocycles. The van der Waals surface area contributed by atoms with Gasteiger partial charge < -0.3 is 18.6 Å². The van der Waals surface area contributed by atoms with Gasteiger partial charge in [-0.2, -0.15) is 74.6 Å². The number of alkyl halides is 17. The molecule has 0 aliphatic carbocycles. The van der Waals surface area contributed by atoms with Crippen LogP contribution in [0.4, 0.5) is 93.9 Å². The van der Waals surface area contributed by atoms with Crippen LogP contribution >= 0.6 is 0 Å². The van der Waals surface area contributed by atoms with Gasteiger partial charge in [0.15, 0.2) is 8.32 Å². The summed E-state index contributed by atoms with van der Waals surface area (Å²) in [5, 5.41) is 2.18. The fourth-order valence-electron chi connectivity index (χ4n) is 7.06. The SMILES string of the molecule is CCOC(=O)/C=C(C)/C=C/CC[C@@H](C)[C@@H](OC(=O)Nc1ccc(F)cc1F)c1ccc(OCCO[Si](CCC(F)(F)C(F)(F)C(F)(F)C(F)(F)C(F)(F)C(F)(F)C(F)(F)C(F)(F)F)(C(C)C)C(C)C)cc1. The standard InChI is InChI=1S/C44H50F19NO6Si/c1-8-67-34(65)23-27(6)11-9-10-12-28(7)35(70-36(66)64-33-18-15-30(45)24-32(33)46)29-13-16-31(17-14-29)68-20-21-69-71(25(2)3,26(4)5)22-19-37(47,48)38(49,50)39(51,52)40(53,54)41(55,56)42(57,58)43(59,60)44(61,62)63/h9,11,13-18,23-26,28,35H,8,10,12,19-22H2,1-7H3,(H,64,66)/b11-9+,27-23+/t28-,35-/m1/s1. The van der Waals surface area contributed by atoms with Gasteiger partial charge >= 0.3 is 59.7 Å². The first-order valence-electron chi connectivity index (χ1n) is 21.2. The second-order valence-electron chi connectivity index (χ2n) is 16.9. The van der Waals surface area contributed by atoms with Crippen LogP contribution in [0.1, 0.15) is 79.4 Å². The maximum atomic E-state index is 15.0. The van der Waals surface area contributed by atoms with Gasteiger partial charge in [0.05, 0.1) is 18.9 Å². The van der Waals surface area contributed by atoms with E-state index in [9.17, 15) is 84.2 Å². The van der Waals surface area contributed by atoms with E-state index < -0.39 is 134 Å². The maximum absolute atomic E-state index is 15.0. The van der Waals surface area contributed by atoms with E-state index in [-0.39, 0.29) is 12.4 Å². The fourth-order valence-corrected chi connectivity index (χ4v) is 11.5. The second-order valence-corrected chi connectivity index (χ2v) is 21.9. The molecule has 7 nitrogen and oxygen atoms in total. The molecule has 1 amide bonds. The number of ether oxygens (including phenoxy) is 3. The molecule has 0 heterocycles. The summed E-state index contributed by atoms with van der Waals surface area (Å²) in [5.74, 6) is -60.0. The van der Waals surface area contributed by atoms with Crippen LogP contribution in [0.5, 0.6) is 5.75 Å². The Hall–Kier alpha value is -4.69. The van der Waals surface area contributed by atoms with Crippen LogP contribution in [-0.2, 0) is 18.7 Å². The fraction of sp³-hybridized carbons (Fsp3) is 0.591. The predicted octanol–water partition coefficient (Wildman–Crippen LogP) is 15.3. The average molecular weight is 1080 g/mol. The Morgan fingerprint density at radius 1 is 0.704 bits per heavy atom. The lowest BCUT2D eigenvalue weighted by molar-refractivity contribution is -0.461. The highest BCUT2D eigenvalue weighted by atomic mass is 28.4. The Bertz CT molecular complexity index is 2140. The largest absolute Gasteiger partial charge is 0.491 e. The molecule has 0 aromatic heterocycles. The smallest absolute Gasteiger partial charge is 0.460 e. The van der Waals surface area contributed by atoms with Crippen molar-refractivity contribution < 1.29 is 112 Å². The summed E-state index contributed by atoms with van der Waals surface area (Å²) in [6.07, 6.45) is -7.21. The summed E-state index contributed by atoms with van der Waals surface area (Å²) in [6, 6.07) is 6.59. The number of halogens is 19. The number of allylic oxidation sites excluding steroid dienone is 3. The first kappa shape index (κ1) is 62.4. The molecule has 2 rings (SSSR count). The molecule has 0 spiro atoms. The van der Waals surface area contributed by atoms with E-state index in [0.29, 0.717) is 30.0 Å². The number of esters is 1. The van der Waals surface area contributed by atoms with Crippen molar-refractivity contribution in [2.45, 2.75) is 139 Å². The van der Waals surface area contributed by atoms with Crippen LogP contribution in [0.2, 0.25) is 17.1 Å². The van der Waals surface area contributed by atoms with Crippen molar-refractivity contribution in [3.05, 3.63) is 83.5 Å². The van der Waals surface area contributed by atoms with Gasteiger partial charge in [-0.3, -0.25) is 5.32 Å². The summed E-state index contributed by atoms with van der Waals surface area (Å²) in [6.45, 7) is 9.31. The predicted molar refractivity (Wildman–Crippen MR) is 221 cm³/mol. The van der Waals surface area contributed by atoms with Crippen LogP contribution in [0.25, 0.3) is 0 Å². The van der Waals surface area contributed by atoms with E-state index in [2.05, 4.69) is 5.32 Å². The summed E-state index contributed by atoms with van der Waals surface area (Å²) in [5.41, 5.74) is -1.32. The van der Waals surface area contributed by atoms with Crippen molar-refractivity contribution in [1.82, 2.24) is 0 Å². The zero-order valence-corrected chi connectivity index (χ0v) is 39.7. The highest BCUT2D eigenvalue weighted by Crippen LogP contribution is 2.64. The van der Waals surface area contributed by atoms with E-state index >= 15 is 8.78 Å². The van der Waals surface area contributed by atoms with Gasteiger partial charge in [0, 0.05) is 18.6 Å². The van der Waals surface area contributed by atoms with Crippen molar-refractivity contribution in [3.63, 3.8) is 0 Å². The molecule has 0 saturated heterocycles. The van der Waals surface area contributed by atoms with Gasteiger partial charge in [0.2, 0.25) is 0 Å². The summed E-state index contributed by atoms with van der Waals surface area (Å²) in [7, 11) is -4.06. The van der Waals surface area contributed by atoms with Crippen molar-refractivity contribution in [1.29, 1.82) is 0 Å². The van der Waals surface area contributed by atoms with Gasteiger partial charge in [-0.05, 0) is 85.1 Å². The Kier molecular flexibility index (Phi) is 20.6. The monoisotopic (exact) mass is 1080 g/mol. The van der Waals surface area contributed by atoms with E-state index in [1.54, 1.807) is 32.9 Å². The normalized spacial score (nSPS) is 15.1. The van der Waals surface area contributed by atoms with Crippen LogP contribution in [0.15, 0.2) is 66.3 Å². The molecule has 0 saturated carbocycles. The van der Waals surface area contributed by atoms with E-state index in [1.165, 1.54) is 58.0 Å². The Balaban J connectivity index is 2.31. The Morgan fingerprint density at radius 2 is 1.23 bits per heavy atom. The zero-order chi connectivity index (χ0) is 55.0. The number of amides is 1. The van der Waals surface area contributed by atoms with E-state index in [4.69, 9.17) is 18.6 Å². The third-order valence-electron chi connectivity index (χ3n) is 11.2.